The first-order chi connectivity index (χ1) is 3.39. The maximum absolute atomic E-state index is 3.74. The Morgan fingerprint density at radius 3 is 2.71 bits per heavy atom. The minimum Gasteiger partial charge on any atom is -0.0982 e. The third-order valence-electron chi connectivity index (χ3n) is 1.05. The van der Waals surface area contributed by atoms with Crippen molar-refractivity contribution in [2.45, 2.75) is 19.3 Å². The van der Waals surface area contributed by atoms with Gasteiger partial charge in [-0.3, -0.25) is 0 Å². The van der Waals surface area contributed by atoms with Crippen LogP contribution in [0.3, 0.4) is 0 Å². The minimum absolute atomic E-state index is 1.07. The summed E-state index contributed by atoms with van der Waals surface area (Å²) in [7, 11) is 0. The van der Waals surface area contributed by atoms with E-state index in [2.05, 4.69) is 18.4 Å². The molecule has 0 heterocycles. The molecule has 0 spiro atoms. The second kappa shape index (κ2) is 1.84. The van der Waals surface area contributed by atoms with Gasteiger partial charge in [-0.1, -0.05) is 18.4 Å². The molecule has 0 aromatic heterocycles. The first kappa shape index (κ1) is 4.46. The second-order valence-corrected chi connectivity index (χ2v) is 1.76. The van der Waals surface area contributed by atoms with Crippen molar-refractivity contribution in [2.75, 3.05) is 0 Å². The van der Waals surface area contributed by atoms with Gasteiger partial charge >= 0.3 is 0 Å². The smallest absolute Gasteiger partial charge is 0.00957 e. The molecular formula is C7H8. The Hall–Kier alpha value is -0.700. The average molecular weight is 92.1 g/mol. The van der Waals surface area contributed by atoms with Crippen molar-refractivity contribution in [1.29, 1.82) is 0 Å². The van der Waals surface area contributed by atoms with Gasteiger partial charge in [-0.2, -0.15) is 0 Å². The fourth-order valence-electron chi connectivity index (χ4n) is 0.640. The highest BCUT2D eigenvalue weighted by molar-refractivity contribution is 5.27. The number of hydrogen-bond donors (Lipinski definition) is 0. The third kappa shape index (κ3) is 1.08. The first-order valence-electron chi connectivity index (χ1n) is 2.56. The third-order valence-corrected chi connectivity index (χ3v) is 1.05. The molecule has 0 bridgehead atoms. The Kier molecular flexibility index (Phi) is 1.17. The summed E-state index contributed by atoms with van der Waals surface area (Å²) in [5.74, 6) is 5.92. The number of hydrogen-bond acceptors (Lipinski definition) is 0. The van der Waals surface area contributed by atoms with Crippen LogP contribution in [0.4, 0.5) is 0 Å². The molecule has 0 atom stereocenters. The lowest BCUT2D eigenvalue weighted by Gasteiger charge is -1.97. The lowest BCUT2D eigenvalue weighted by atomic mass is 10.1. The molecule has 0 amide bonds. The molecule has 0 fully saturated rings. The van der Waals surface area contributed by atoms with Crippen molar-refractivity contribution >= 4 is 0 Å². The van der Waals surface area contributed by atoms with E-state index in [0.29, 0.717) is 0 Å². The Morgan fingerprint density at radius 2 is 2.43 bits per heavy atom. The molecule has 0 aromatic rings. The van der Waals surface area contributed by atoms with Crippen LogP contribution in [0.5, 0.6) is 0 Å². The summed E-state index contributed by atoms with van der Waals surface area (Å²) in [6.07, 6.45) is 3.40. The molecule has 1 rings (SSSR count). The van der Waals surface area contributed by atoms with Gasteiger partial charge in [-0.15, -0.1) is 0 Å². The highest BCUT2D eigenvalue weighted by Crippen LogP contribution is 2.07. The molecule has 0 heteroatoms. The van der Waals surface area contributed by atoms with E-state index >= 15 is 0 Å². The first-order valence-corrected chi connectivity index (χ1v) is 2.56. The largest absolute Gasteiger partial charge is 0.0982 e. The van der Waals surface area contributed by atoms with Crippen molar-refractivity contribution in [3.05, 3.63) is 12.2 Å². The maximum atomic E-state index is 3.74. The second-order valence-electron chi connectivity index (χ2n) is 1.76. The number of rotatable bonds is 0. The summed E-state index contributed by atoms with van der Waals surface area (Å²) < 4.78 is 0. The van der Waals surface area contributed by atoms with Crippen LogP contribution in [0.15, 0.2) is 12.2 Å². The molecule has 0 nitrogen and oxygen atoms in total. The fourth-order valence-corrected chi connectivity index (χ4v) is 0.640. The van der Waals surface area contributed by atoms with E-state index in [1.54, 1.807) is 0 Å². The summed E-state index contributed by atoms with van der Waals surface area (Å²) in [6, 6.07) is 0. The van der Waals surface area contributed by atoms with Crippen LogP contribution in [0.25, 0.3) is 0 Å². The SMILES string of the molecule is C=C1C#CCCC1. The molecule has 0 N–H and O–H groups in total. The summed E-state index contributed by atoms with van der Waals surface area (Å²) in [6.45, 7) is 3.74. The Morgan fingerprint density at radius 1 is 1.57 bits per heavy atom. The van der Waals surface area contributed by atoms with E-state index in [0.717, 1.165) is 18.4 Å². The summed E-state index contributed by atoms with van der Waals surface area (Å²) >= 11 is 0. The molecule has 1 aliphatic carbocycles. The van der Waals surface area contributed by atoms with Crippen LogP contribution in [-0.2, 0) is 0 Å². The fraction of sp³-hybridized carbons (Fsp3) is 0.429. The number of allylic oxidation sites excluding steroid dienone is 1. The van der Waals surface area contributed by atoms with Crippen LogP contribution in [-0.4, -0.2) is 0 Å². The zero-order chi connectivity index (χ0) is 5.11. The minimum atomic E-state index is 1.07. The molecule has 0 aromatic carbocycles. The molecular weight excluding hydrogens is 84.1 g/mol. The highest BCUT2D eigenvalue weighted by atomic mass is 14.0. The zero-order valence-electron chi connectivity index (χ0n) is 4.33. The highest BCUT2D eigenvalue weighted by Gasteiger charge is 1.91. The maximum Gasteiger partial charge on any atom is 0.00957 e. The Labute approximate surface area is 44.2 Å². The predicted octanol–water partition coefficient (Wildman–Crippen LogP) is 1.73. The van der Waals surface area contributed by atoms with Gasteiger partial charge in [0.25, 0.3) is 0 Å². The van der Waals surface area contributed by atoms with Gasteiger partial charge in [-0.25, -0.2) is 0 Å². The molecule has 0 radical (unpaired) electrons. The van der Waals surface area contributed by atoms with Crippen molar-refractivity contribution in [1.82, 2.24) is 0 Å². The molecule has 0 aliphatic heterocycles. The van der Waals surface area contributed by atoms with E-state index in [1.807, 2.05) is 0 Å². The normalized spacial score (nSPS) is 18.0. The van der Waals surface area contributed by atoms with Gasteiger partial charge < -0.3 is 0 Å². The van der Waals surface area contributed by atoms with Crippen molar-refractivity contribution < 1.29 is 0 Å². The predicted molar refractivity (Wildman–Crippen MR) is 30.8 cm³/mol. The van der Waals surface area contributed by atoms with E-state index in [9.17, 15) is 0 Å². The summed E-state index contributed by atoms with van der Waals surface area (Å²) in [5.41, 5.74) is 1.10. The van der Waals surface area contributed by atoms with Crippen LogP contribution in [0.1, 0.15) is 19.3 Å². The van der Waals surface area contributed by atoms with Crippen molar-refractivity contribution in [3.63, 3.8) is 0 Å². The van der Waals surface area contributed by atoms with E-state index in [-0.39, 0.29) is 0 Å². The topological polar surface area (TPSA) is 0 Å². The molecule has 0 unspecified atom stereocenters. The van der Waals surface area contributed by atoms with Crippen LogP contribution >= 0.6 is 0 Å². The van der Waals surface area contributed by atoms with Gasteiger partial charge in [0.15, 0.2) is 0 Å². The lowest BCUT2D eigenvalue weighted by Crippen LogP contribution is -1.82. The van der Waals surface area contributed by atoms with Gasteiger partial charge in [0.05, 0.1) is 0 Å². The van der Waals surface area contributed by atoms with Gasteiger partial charge in [0, 0.05) is 6.42 Å². The van der Waals surface area contributed by atoms with Crippen molar-refractivity contribution in [3.8, 4) is 11.8 Å². The van der Waals surface area contributed by atoms with Crippen LogP contribution in [0.2, 0.25) is 0 Å². The summed E-state index contributed by atoms with van der Waals surface area (Å²) in [4.78, 5) is 0. The molecule has 1 aliphatic rings. The van der Waals surface area contributed by atoms with E-state index in [1.165, 1.54) is 6.42 Å². The van der Waals surface area contributed by atoms with Gasteiger partial charge in [-0.05, 0) is 18.4 Å². The van der Waals surface area contributed by atoms with E-state index < -0.39 is 0 Å². The Balaban J connectivity index is 2.62. The zero-order valence-corrected chi connectivity index (χ0v) is 4.33. The average Bonchev–Trinajstić information content (AvgIpc) is 1.69. The standard InChI is InChI=1S/C7H8/c1-7-5-3-2-4-6-7/h1-3,5H2. The Bertz CT molecular complexity index is 132. The summed E-state index contributed by atoms with van der Waals surface area (Å²) in [5, 5.41) is 0. The van der Waals surface area contributed by atoms with E-state index in [4.69, 9.17) is 0 Å². The monoisotopic (exact) mass is 92.1 g/mol. The van der Waals surface area contributed by atoms with Crippen LogP contribution < -0.4 is 0 Å². The molecule has 7 heavy (non-hydrogen) atoms. The quantitative estimate of drug-likeness (QED) is 0.399. The van der Waals surface area contributed by atoms with Crippen LogP contribution in [0, 0.1) is 11.8 Å². The molecule has 0 saturated heterocycles. The van der Waals surface area contributed by atoms with Gasteiger partial charge in [0.2, 0.25) is 0 Å². The molecule has 0 saturated carbocycles. The van der Waals surface area contributed by atoms with Gasteiger partial charge in [0.1, 0.15) is 0 Å². The lowest BCUT2D eigenvalue weighted by molar-refractivity contribution is 0.853. The molecule has 36 valence electrons. The van der Waals surface area contributed by atoms with Crippen molar-refractivity contribution in [2.24, 2.45) is 0 Å².